The Bertz CT molecular complexity index is 882. The van der Waals surface area contributed by atoms with Crippen molar-refractivity contribution in [1.82, 2.24) is 10.6 Å². The Labute approximate surface area is 196 Å². The number of anilines is 3. The Kier molecular flexibility index (Phi) is 9.21. The number of piperidine rings is 1. The molecule has 1 aliphatic rings. The zero-order valence-corrected chi connectivity index (χ0v) is 19.4. The number of nitrogens with one attached hydrogen (secondary N) is 2. The van der Waals surface area contributed by atoms with Crippen molar-refractivity contribution in [3.63, 3.8) is 0 Å². The lowest BCUT2D eigenvalue weighted by atomic mass is 10.0. The van der Waals surface area contributed by atoms with E-state index in [0.29, 0.717) is 41.7 Å². The van der Waals surface area contributed by atoms with Gasteiger partial charge in [0.1, 0.15) is 5.75 Å². The molecule has 33 heavy (non-hydrogen) atoms. The highest BCUT2D eigenvalue weighted by atomic mass is 16.6. The average Bonchev–Trinajstić information content (AvgIpc) is 2.83. The second-order valence-electron chi connectivity index (χ2n) is 8.49. The molecule has 0 radical (unpaired) electrons. The van der Waals surface area contributed by atoms with Gasteiger partial charge in [-0.15, -0.1) is 0 Å². The summed E-state index contributed by atoms with van der Waals surface area (Å²) in [6, 6.07) is 13.4. The van der Waals surface area contributed by atoms with Gasteiger partial charge in [0.2, 0.25) is 0 Å². The van der Waals surface area contributed by atoms with Gasteiger partial charge in [-0.2, -0.15) is 0 Å². The summed E-state index contributed by atoms with van der Waals surface area (Å²) >= 11 is 0. The largest absolute Gasteiger partial charge is 0.463 e. The number of nitrogen functional groups attached to an aromatic ring is 2. The Hall–Kier alpha value is -2.97. The molecule has 180 valence electrons. The van der Waals surface area contributed by atoms with Gasteiger partial charge in [0.25, 0.3) is 5.91 Å². The average molecular weight is 456 g/mol. The maximum Gasteiger partial charge on any atom is 0.251 e. The van der Waals surface area contributed by atoms with Gasteiger partial charge in [0.05, 0.1) is 11.4 Å². The fourth-order valence-corrected chi connectivity index (χ4v) is 3.93. The Morgan fingerprint density at radius 3 is 2.58 bits per heavy atom. The smallest absolute Gasteiger partial charge is 0.251 e. The van der Waals surface area contributed by atoms with Gasteiger partial charge in [-0.3, -0.25) is 4.79 Å². The number of para-hydroxylation sites is 1. The van der Waals surface area contributed by atoms with Crippen LogP contribution in [0.3, 0.4) is 0 Å². The van der Waals surface area contributed by atoms with Crippen molar-refractivity contribution in [2.45, 2.75) is 51.4 Å². The molecule has 2 aromatic carbocycles. The van der Waals surface area contributed by atoms with Crippen LogP contribution in [0, 0.1) is 0 Å². The van der Waals surface area contributed by atoms with E-state index < -0.39 is 6.29 Å². The number of hydrogen-bond donors (Lipinski definition) is 5. The molecule has 0 bridgehead atoms. The minimum absolute atomic E-state index is 0.0116. The SMILES string of the molecule is CCCCNC(=O)c1ccc(N2CCC(NCCC(O)Oc3cccc(N)c3N)CC2)cc1. The molecule has 1 unspecified atom stereocenters. The van der Waals surface area contributed by atoms with Crippen molar-refractivity contribution < 1.29 is 14.6 Å². The van der Waals surface area contributed by atoms with Crippen LogP contribution in [0.2, 0.25) is 0 Å². The predicted octanol–water partition coefficient (Wildman–Crippen LogP) is 2.73. The summed E-state index contributed by atoms with van der Waals surface area (Å²) < 4.78 is 5.52. The molecule has 1 aliphatic heterocycles. The summed E-state index contributed by atoms with van der Waals surface area (Å²) in [5.41, 5.74) is 14.3. The Morgan fingerprint density at radius 2 is 1.88 bits per heavy atom. The van der Waals surface area contributed by atoms with Crippen LogP contribution in [0.25, 0.3) is 0 Å². The Morgan fingerprint density at radius 1 is 1.15 bits per heavy atom. The first-order valence-corrected chi connectivity index (χ1v) is 11.8. The third-order valence-corrected chi connectivity index (χ3v) is 5.99. The summed E-state index contributed by atoms with van der Waals surface area (Å²) in [4.78, 5) is 14.5. The molecular weight excluding hydrogens is 418 g/mol. The van der Waals surface area contributed by atoms with Crippen molar-refractivity contribution in [3.05, 3.63) is 48.0 Å². The van der Waals surface area contributed by atoms with Gasteiger partial charge in [-0.05, 0) is 55.7 Å². The quantitative estimate of drug-likeness (QED) is 0.200. The van der Waals surface area contributed by atoms with E-state index in [1.807, 2.05) is 24.3 Å². The number of ether oxygens (including phenoxy) is 1. The molecule has 3 rings (SSSR count). The molecule has 0 spiro atoms. The molecule has 8 nitrogen and oxygen atoms in total. The highest BCUT2D eigenvalue weighted by Gasteiger charge is 2.20. The molecule has 1 heterocycles. The van der Waals surface area contributed by atoms with Crippen LogP contribution in [0.5, 0.6) is 5.75 Å². The molecule has 1 amide bonds. The molecule has 1 saturated heterocycles. The lowest BCUT2D eigenvalue weighted by Crippen LogP contribution is -2.43. The molecule has 0 aromatic heterocycles. The number of hydrogen-bond acceptors (Lipinski definition) is 7. The summed E-state index contributed by atoms with van der Waals surface area (Å²) in [6.07, 6.45) is 3.60. The Balaban J connectivity index is 1.36. The number of aliphatic hydroxyl groups excluding tert-OH is 1. The van der Waals surface area contributed by atoms with E-state index >= 15 is 0 Å². The van der Waals surface area contributed by atoms with Crippen LogP contribution in [0.1, 0.15) is 49.4 Å². The third kappa shape index (κ3) is 7.27. The fourth-order valence-electron chi connectivity index (χ4n) is 3.93. The van der Waals surface area contributed by atoms with E-state index in [1.54, 1.807) is 18.2 Å². The second kappa shape index (κ2) is 12.3. The number of unbranched alkanes of at least 4 members (excludes halogenated alkanes) is 1. The van der Waals surface area contributed by atoms with Gasteiger partial charge in [0.15, 0.2) is 6.29 Å². The number of rotatable bonds is 11. The van der Waals surface area contributed by atoms with Crippen molar-refractivity contribution in [2.75, 3.05) is 42.5 Å². The molecule has 7 N–H and O–H groups in total. The van der Waals surface area contributed by atoms with Crippen molar-refractivity contribution in [3.8, 4) is 5.75 Å². The monoisotopic (exact) mass is 455 g/mol. The number of aliphatic hydroxyl groups is 1. The maximum atomic E-state index is 12.2. The molecule has 0 saturated carbocycles. The number of carbonyl (C=O) groups is 1. The molecule has 1 atom stereocenters. The van der Waals surface area contributed by atoms with E-state index in [1.165, 1.54) is 0 Å². The fraction of sp³-hybridized carbons (Fsp3) is 0.480. The predicted molar refractivity (Wildman–Crippen MR) is 133 cm³/mol. The van der Waals surface area contributed by atoms with Crippen molar-refractivity contribution in [2.24, 2.45) is 0 Å². The molecule has 2 aromatic rings. The van der Waals surface area contributed by atoms with Gasteiger partial charge >= 0.3 is 0 Å². The summed E-state index contributed by atoms with van der Waals surface area (Å²) in [6.45, 7) is 5.36. The van der Waals surface area contributed by atoms with E-state index in [4.69, 9.17) is 16.2 Å². The summed E-state index contributed by atoms with van der Waals surface area (Å²) in [5.74, 6) is 0.391. The minimum atomic E-state index is -0.945. The number of benzene rings is 2. The van der Waals surface area contributed by atoms with Crippen LogP contribution in [-0.4, -0.2) is 49.5 Å². The number of nitrogens with two attached hydrogens (primary N) is 2. The highest BCUT2D eigenvalue weighted by Crippen LogP contribution is 2.27. The number of nitrogens with zero attached hydrogens (tertiary/aromatic N) is 1. The third-order valence-electron chi connectivity index (χ3n) is 5.99. The first kappa shape index (κ1) is 24.7. The maximum absolute atomic E-state index is 12.2. The van der Waals surface area contributed by atoms with E-state index in [-0.39, 0.29) is 5.91 Å². The molecule has 8 heteroatoms. The first-order chi connectivity index (χ1) is 16.0. The zero-order chi connectivity index (χ0) is 23.6. The summed E-state index contributed by atoms with van der Waals surface area (Å²) in [7, 11) is 0. The van der Waals surface area contributed by atoms with Crippen LogP contribution >= 0.6 is 0 Å². The number of carbonyl (C=O) groups excluding carboxylic acids is 1. The summed E-state index contributed by atoms with van der Waals surface area (Å²) in [5, 5.41) is 16.6. The standard InChI is InChI=1S/C25H37N5O3/c1-2-3-14-29-25(32)18-7-9-20(10-8-18)30-16-12-19(13-17-30)28-15-11-23(31)33-22-6-4-5-21(26)24(22)27/h4-10,19,23,28,31H,2-3,11-17,26-27H2,1H3,(H,29,32). The molecule has 1 fully saturated rings. The topological polar surface area (TPSA) is 126 Å². The van der Waals surface area contributed by atoms with Crippen LogP contribution in [-0.2, 0) is 0 Å². The van der Waals surface area contributed by atoms with Crippen molar-refractivity contribution in [1.29, 1.82) is 0 Å². The van der Waals surface area contributed by atoms with Crippen LogP contribution < -0.4 is 31.7 Å². The van der Waals surface area contributed by atoms with E-state index in [9.17, 15) is 9.90 Å². The first-order valence-electron chi connectivity index (χ1n) is 11.8. The van der Waals surface area contributed by atoms with E-state index in [2.05, 4.69) is 22.5 Å². The molecule has 0 aliphatic carbocycles. The van der Waals surface area contributed by atoms with Gasteiger partial charge in [-0.1, -0.05) is 19.4 Å². The minimum Gasteiger partial charge on any atom is -0.463 e. The lowest BCUT2D eigenvalue weighted by molar-refractivity contribution is -0.0223. The number of amides is 1. The van der Waals surface area contributed by atoms with Gasteiger partial charge < -0.3 is 36.8 Å². The van der Waals surface area contributed by atoms with E-state index in [0.717, 1.165) is 51.0 Å². The lowest BCUT2D eigenvalue weighted by Gasteiger charge is -2.34. The van der Waals surface area contributed by atoms with Crippen LogP contribution in [0.15, 0.2) is 42.5 Å². The molecular formula is C25H37N5O3. The second-order valence-corrected chi connectivity index (χ2v) is 8.49. The normalized spacial score (nSPS) is 15.3. The highest BCUT2D eigenvalue weighted by molar-refractivity contribution is 5.94. The van der Waals surface area contributed by atoms with Crippen molar-refractivity contribution >= 4 is 23.0 Å². The van der Waals surface area contributed by atoms with Crippen LogP contribution in [0.4, 0.5) is 17.1 Å². The van der Waals surface area contributed by atoms with Gasteiger partial charge in [0, 0.05) is 49.9 Å². The zero-order valence-electron chi connectivity index (χ0n) is 19.4. The van der Waals surface area contributed by atoms with Gasteiger partial charge in [-0.25, -0.2) is 0 Å².